The van der Waals surface area contributed by atoms with E-state index in [-0.39, 0.29) is 0 Å². The van der Waals surface area contributed by atoms with Crippen LogP contribution >= 0.6 is 11.6 Å². The molecule has 0 aliphatic carbocycles. The second kappa shape index (κ2) is 7.34. The lowest BCUT2D eigenvalue weighted by Crippen LogP contribution is -2.01. The highest BCUT2D eigenvalue weighted by Gasteiger charge is 2.15. The van der Waals surface area contributed by atoms with Crippen molar-refractivity contribution in [2.75, 3.05) is 14.2 Å². The van der Waals surface area contributed by atoms with E-state index >= 15 is 0 Å². The Bertz CT molecular complexity index is 584. The maximum atomic E-state index is 10.3. The number of hydrogen-bond donors (Lipinski definition) is 1. The number of benzene rings is 2. The number of ether oxygens (including phenoxy) is 2. The number of halogens is 1. The molecular formula is C17H19ClO3. The molecular weight excluding hydrogens is 288 g/mol. The summed E-state index contributed by atoms with van der Waals surface area (Å²) in [5.74, 6) is 1.01. The molecule has 112 valence electrons. The third-order valence-corrected chi connectivity index (χ3v) is 3.67. The van der Waals surface area contributed by atoms with Crippen LogP contribution in [-0.4, -0.2) is 19.3 Å². The van der Waals surface area contributed by atoms with E-state index in [9.17, 15) is 5.11 Å². The van der Waals surface area contributed by atoms with Gasteiger partial charge in [-0.25, -0.2) is 0 Å². The second-order valence-corrected chi connectivity index (χ2v) is 5.19. The van der Waals surface area contributed by atoms with Gasteiger partial charge < -0.3 is 14.6 Å². The van der Waals surface area contributed by atoms with E-state index in [2.05, 4.69) is 0 Å². The molecule has 0 aromatic heterocycles. The van der Waals surface area contributed by atoms with Crippen LogP contribution in [0.4, 0.5) is 0 Å². The average molecular weight is 307 g/mol. The maximum absolute atomic E-state index is 10.3. The Hall–Kier alpha value is -1.71. The molecule has 4 heteroatoms. The third kappa shape index (κ3) is 3.90. The van der Waals surface area contributed by atoms with Crippen LogP contribution in [0.3, 0.4) is 0 Å². The predicted octanol–water partition coefficient (Wildman–Crippen LogP) is 4.02. The highest BCUT2D eigenvalue weighted by Crippen LogP contribution is 2.38. The summed E-state index contributed by atoms with van der Waals surface area (Å²) in [5, 5.41) is 10.8. The zero-order chi connectivity index (χ0) is 15.2. The first-order valence-corrected chi connectivity index (χ1v) is 7.17. The molecule has 0 bridgehead atoms. The van der Waals surface area contributed by atoms with Crippen molar-refractivity contribution in [1.29, 1.82) is 0 Å². The van der Waals surface area contributed by atoms with E-state index in [0.717, 1.165) is 12.0 Å². The topological polar surface area (TPSA) is 38.7 Å². The van der Waals surface area contributed by atoms with Crippen molar-refractivity contribution in [2.45, 2.75) is 18.9 Å². The molecule has 2 aromatic carbocycles. The Morgan fingerprint density at radius 1 is 1.10 bits per heavy atom. The molecule has 1 N–H and O–H groups in total. The molecule has 1 unspecified atom stereocenters. The Labute approximate surface area is 130 Å². The number of hydrogen-bond acceptors (Lipinski definition) is 3. The van der Waals surface area contributed by atoms with Crippen molar-refractivity contribution in [3.63, 3.8) is 0 Å². The van der Waals surface area contributed by atoms with Gasteiger partial charge in [-0.1, -0.05) is 41.9 Å². The highest BCUT2D eigenvalue weighted by molar-refractivity contribution is 6.32. The quantitative estimate of drug-likeness (QED) is 0.876. The van der Waals surface area contributed by atoms with E-state index in [1.165, 1.54) is 12.7 Å². The lowest BCUT2D eigenvalue weighted by Gasteiger charge is -2.15. The van der Waals surface area contributed by atoms with Gasteiger partial charge in [-0.3, -0.25) is 0 Å². The van der Waals surface area contributed by atoms with Crippen LogP contribution in [0.5, 0.6) is 11.5 Å². The number of methoxy groups -OCH3 is 2. The molecule has 2 rings (SSSR count). The summed E-state index contributed by atoms with van der Waals surface area (Å²) >= 11 is 6.16. The van der Waals surface area contributed by atoms with Crippen molar-refractivity contribution in [3.8, 4) is 11.5 Å². The van der Waals surface area contributed by atoms with Crippen LogP contribution in [0.2, 0.25) is 5.02 Å². The second-order valence-electron chi connectivity index (χ2n) is 4.78. The van der Waals surface area contributed by atoms with Gasteiger partial charge in [0.25, 0.3) is 0 Å². The molecule has 0 spiro atoms. The third-order valence-electron chi connectivity index (χ3n) is 3.39. The Morgan fingerprint density at radius 3 is 2.43 bits per heavy atom. The average Bonchev–Trinajstić information content (AvgIpc) is 2.52. The SMILES string of the molecule is COc1cc(C(O)CCc2ccccc2)cc(Cl)c1OC. The molecule has 2 aromatic rings. The monoisotopic (exact) mass is 306 g/mol. The minimum atomic E-state index is -0.595. The fourth-order valence-electron chi connectivity index (χ4n) is 2.24. The van der Waals surface area contributed by atoms with Gasteiger partial charge in [0.2, 0.25) is 0 Å². The number of rotatable bonds is 6. The lowest BCUT2D eigenvalue weighted by molar-refractivity contribution is 0.167. The molecule has 21 heavy (non-hydrogen) atoms. The molecule has 0 fully saturated rings. The van der Waals surface area contributed by atoms with Gasteiger partial charge in [0.05, 0.1) is 25.3 Å². The van der Waals surface area contributed by atoms with Crippen LogP contribution in [0.25, 0.3) is 0 Å². The summed E-state index contributed by atoms with van der Waals surface area (Å²) in [6.07, 6.45) is 0.826. The van der Waals surface area contributed by atoms with Crippen molar-refractivity contribution in [2.24, 2.45) is 0 Å². The Balaban J connectivity index is 2.12. The Kier molecular flexibility index (Phi) is 5.48. The summed E-state index contributed by atoms with van der Waals surface area (Å²) in [7, 11) is 3.09. The fourth-order valence-corrected chi connectivity index (χ4v) is 2.54. The first kappa shape index (κ1) is 15.7. The zero-order valence-corrected chi connectivity index (χ0v) is 12.9. The van der Waals surface area contributed by atoms with Gasteiger partial charge in [0.1, 0.15) is 0 Å². The minimum Gasteiger partial charge on any atom is -0.493 e. The molecule has 0 aliphatic heterocycles. The van der Waals surface area contributed by atoms with E-state index in [0.29, 0.717) is 22.9 Å². The Morgan fingerprint density at radius 2 is 1.81 bits per heavy atom. The molecule has 0 radical (unpaired) electrons. The van der Waals surface area contributed by atoms with Crippen LogP contribution in [0, 0.1) is 0 Å². The molecule has 0 saturated heterocycles. The van der Waals surface area contributed by atoms with E-state index in [4.69, 9.17) is 21.1 Å². The molecule has 1 atom stereocenters. The summed E-state index contributed by atoms with van der Waals surface area (Å²) in [4.78, 5) is 0. The number of aryl methyl sites for hydroxylation is 1. The number of aliphatic hydroxyl groups excluding tert-OH is 1. The maximum Gasteiger partial charge on any atom is 0.179 e. The van der Waals surface area contributed by atoms with Crippen molar-refractivity contribution < 1.29 is 14.6 Å². The summed E-state index contributed by atoms with van der Waals surface area (Å²) in [6.45, 7) is 0. The van der Waals surface area contributed by atoms with E-state index in [1.807, 2.05) is 30.3 Å². The van der Waals surface area contributed by atoms with Crippen LogP contribution in [0.1, 0.15) is 23.7 Å². The van der Waals surface area contributed by atoms with Crippen molar-refractivity contribution in [1.82, 2.24) is 0 Å². The van der Waals surface area contributed by atoms with Gasteiger partial charge in [-0.05, 0) is 36.1 Å². The van der Waals surface area contributed by atoms with Crippen LogP contribution < -0.4 is 9.47 Å². The standard InChI is InChI=1S/C17H19ClO3/c1-20-16-11-13(10-14(18)17(16)21-2)15(19)9-8-12-6-4-3-5-7-12/h3-7,10-11,15,19H,8-9H2,1-2H3. The van der Waals surface area contributed by atoms with Crippen LogP contribution in [0.15, 0.2) is 42.5 Å². The van der Waals surface area contributed by atoms with E-state index in [1.54, 1.807) is 19.2 Å². The highest BCUT2D eigenvalue weighted by atomic mass is 35.5. The zero-order valence-electron chi connectivity index (χ0n) is 12.2. The molecule has 0 aliphatic rings. The molecule has 3 nitrogen and oxygen atoms in total. The van der Waals surface area contributed by atoms with Crippen molar-refractivity contribution in [3.05, 3.63) is 58.6 Å². The largest absolute Gasteiger partial charge is 0.493 e. The first-order valence-electron chi connectivity index (χ1n) is 6.79. The molecule has 0 heterocycles. The van der Waals surface area contributed by atoms with E-state index < -0.39 is 6.10 Å². The van der Waals surface area contributed by atoms with Gasteiger partial charge in [0.15, 0.2) is 11.5 Å². The summed E-state index contributed by atoms with van der Waals surface area (Å²) < 4.78 is 10.4. The number of aliphatic hydroxyl groups is 1. The lowest BCUT2D eigenvalue weighted by atomic mass is 10.0. The predicted molar refractivity (Wildman–Crippen MR) is 84.3 cm³/mol. The normalized spacial score (nSPS) is 12.0. The fraction of sp³-hybridized carbons (Fsp3) is 0.294. The van der Waals surface area contributed by atoms with Gasteiger partial charge >= 0.3 is 0 Å². The smallest absolute Gasteiger partial charge is 0.179 e. The molecule has 0 saturated carbocycles. The summed E-state index contributed by atoms with van der Waals surface area (Å²) in [6, 6.07) is 13.6. The molecule has 0 amide bonds. The van der Waals surface area contributed by atoms with Gasteiger partial charge in [-0.15, -0.1) is 0 Å². The van der Waals surface area contributed by atoms with Crippen molar-refractivity contribution >= 4 is 11.6 Å². The van der Waals surface area contributed by atoms with Gasteiger partial charge in [0, 0.05) is 0 Å². The minimum absolute atomic E-state index is 0.436. The summed E-state index contributed by atoms with van der Waals surface area (Å²) in [5.41, 5.74) is 1.93. The van der Waals surface area contributed by atoms with Crippen LogP contribution in [-0.2, 0) is 6.42 Å². The van der Waals surface area contributed by atoms with Gasteiger partial charge in [-0.2, -0.15) is 0 Å². The first-order chi connectivity index (χ1) is 10.2.